The van der Waals surface area contributed by atoms with E-state index in [9.17, 15) is 0 Å². The normalized spacial score (nSPS) is 11.6. The number of fused-ring (bicyclic) bond motifs is 6. The van der Waals surface area contributed by atoms with Crippen molar-refractivity contribution in [3.8, 4) is 22.6 Å². The number of para-hydroxylation sites is 1. The Morgan fingerprint density at radius 2 is 1.09 bits per heavy atom. The second kappa shape index (κ2) is 10.2. The summed E-state index contributed by atoms with van der Waals surface area (Å²) in [6, 6.07) is 54.5. The largest absolute Gasteiger partial charge is 0.456 e. The van der Waals surface area contributed by atoms with E-state index in [0.29, 0.717) is 5.89 Å². The van der Waals surface area contributed by atoms with Crippen LogP contribution in [0, 0.1) is 0 Å². The van der Waals surface area contributed by atoms with Crippen molar-refractivity contribution in [2.75, 3.05) is 4.90 Å². The van der Waals surface area contributed by atoms with Gasteiger partial charge in [0.15, 0.2) is 5.58 Å². The van der Waals surface area contributed by atoms with Crippen molar-refractivity contribution in [3.05, 3.63) is 158 Å². The molecule has 0 atom stereocenters. The van der Waals surface area contributed by atoms with Crippen molar-refractivity contribution >= 4 is 60.9 Å². The molecule has 0 spiro atoms. The van der Waals surface area contributed by atoms with Gasteiger partial charge in [-0.2, -0.15) is 0 Å². The zero-order chi connectivity index (χ0) is 29.7. The Kier molecular flexibility index (Phi) is 5.78. The summed E-state index contributed by atoms with van der Waals surface area (Å²) in [7, 11) is 0. The third kappa shape index (κ3) is 4.27. The molecule has 4 heteroatoms. The van der Waals surface area contributed by atoms with Gasteiger partial charge in [0.25, 0.3) is 0 Å². The Morgan fingerprint density at radius 3 is 1.96 bits per heavy atom. The van der Waals surface area contributed by atoms with Gasteiger partial charge in [0.2, 0.25) is 5.89 Å². The number of rotatable bonds is 5. The minimum atomic E-state index is 0.598. The van der Waals surface area contributed by atoms with Crippen molar-refractivity contribution < 1.29 is 8.83 Å². The highest BCUT2D eigenvalue weighted by molar-refractivity contribution is 6.21. The van der Waals surface area contributed by atoms with Gasteiger partial charge >= 0.3 is 0 Å². The number of nitrogens with zero attached hydrogens (tertiary/aromatic N) is 2. The molecule has 0 saturated heterocycles. The number of hydrogen-bond donors (Lipinski definition) is 0. The van der Waals surface area contributed by atoms with Crippen LogP contribution in [0.3, 0.4) is 0 Å². The van der Waals surface area contributed by atoms with E-state index in [0.717, 1.165) is 66.8 Å². The number of oxazole rings is 1. The van der Waals surface area contributed by atoms with Crippen LogP contribution in [0.15, 0.2) is 167 Å². The van der Waals surface area contributed by atoms with Crippen molar-refractivity contribution in [1.82, 2.24) is 4.98 Å². The van der Waals surface area contributed by atoms with Crippen LogP contribution in [-0.2, 0) is 0 Å². The monoisotopic (exact) mass is 578 g/mol. The number of hydrogen-bond acceptors (Lipinski definition) is 4. The predicted molar refractivity (Wildman–Crippen MR) is 184 cm³/mol. The molecule has 0 bridgehead atoms. The van der Waals surface area contributed by atoms with Gasteiger partial charge in [0.05, 0.1) is 5.39 Å². The van der Waals surface area contributed by atoms with Crippen LogP contribution >= 0.6 is 0 Å². The van der Waals surface area contributed by atoms with Gasteiger partial charge in [-0.3, -0.25) is 0 Å². The first kappa shape index (κ1) is 25.4. The summed E-state index contributed by atoms with van der Waals surface area (Å²) in [5.74, 6) is 0.598. The molecule has 0 radical (unpaired) electrons. The number of benzene rings is 7. The summed E-state index contributed by atoms with van der Waals surface area (Å²) < 4.78 is 12.6. The van der Waals surface area contributed by atoms with Gasteiger partial charge < -0.3 is 13.7 Å². The zero-order valence-electron chi connectivity index (χ0n) is 24.2. The second-order valence-electron chi connectivity index (χ2n) is 11.2. The highest BCUT2D eigenvalue weighted by Gasteiger charge is 2.20. The van der Waals surface area contributed by atoms with Gasteiger partial charge in [-0.05, 0) is 88.6 Å². The lowest BCUT2D eigenvalue weighted by molar-refractivity contribution is 0.619. The minimum Gasteiger partial charge on any atom is -0.456 e. The minimum absolute atomic E-state index is 0.598. The highest BCUT2D eigenvalue weighted by atomic mass is 16.4. The maximum Gasteiger partial charge on any atom is 0.227 e. The van der Waals surface area contributed by atoms with Crippen LogP contribution in [0.2, 0.25) is 0 Å². The highest BCUT2D eigenvalue weighted by Crippen LogP contribution is 2.43. The summed E-state index contributed by atoms with van der Waals surface area (Å²) in [4.78, 5) is 7.29. The molecule has 2 heterocycles. The van der Waals surface area contributed by atoms with E-state index >= 15 is 0 Å². The van der Waals surface area contributed by atoms with E-state index in [1.807, 2.05) is 48.5 Å². The van der Waals surface area contributed by atoms with Crippen LogP contribution in [-0.4, -0.2) is 4.98 Å². The van der Waals surface area contributed by atoms with E-state index in [1.54, 1.807) is 0 Å². The third-order valence-electron chi connectivity index (χ3n) is 8.46. The zero-order valence-corrected chi connectivity index (χ0v) is 24.2. The van der Waals surface area contributed by atoms with Crippen LogP contribution in [0.5, 0.6) is 0 Å². The Bertz CT molecular complexity index is 2490. The van der Waals surface area contributed by atoms with Crippen molar-refractivity contribution in [2.45, 2.75) is 0 Å². The molecular weight excluding hydrogens is 552 g/mol. The standard InChI is InChI=1S/C41H26N2O2/c1-3-12-28(13-4-1)41-42-40-37(45-41)24-23-36-39(40)38-34(19-10-20-35(38)44-36)30-15-9-18-32(26-30)43(31-16-5-2-6-17-31)33-22-21-27-11-7-8-14-29(27)25-33/h1-26H. The SMILES string of the molecule is c1ccc(-c2nc3c(ccc4oc5cccc(-c6cccc(N(c7ccccc7)c7ccc8ccccc8c7)c6)c5c43)o2)cc1. The molecule has 45 heavy (non-hydrogen) atoms. The first-order valence-electron chi connectivity index (χ1n) is 15.0. The van der Waals surface area contributed by atoms with E-state index in [2.05, 4.69) is 114 Å². The molecule has 9 aromatic rings. The van der Waals surface area contributed by atoms with Gasteiger partial charge in [0.1, 0.15) is 16.7 Å². The quantitative estimate of drug-likeness (QED) is 0.204. The van der Waals surface area contributed by atoms with E-state index in [1.165, 1.54) is 10.8 Å². The van der Waals surface area contributed by atoms with Gasteiger partial charge in [-0.1, -0.05) is 91.0 Å². The first-order valence-corrected chi connectivity index (χ1v) is 15.0. The Labute approximate surface area is 259 Å². The van der Waals surface area contributed by atoms with E-state index in [-0.39, 0.29) is 0 Å². The third-order valence-corrected chi connectivity index (χ3v) is 8.46. The average Bonchev–Trinajstić information content (AvgIpc) is 3.71. The fourth-order valence-corrected chi connectivity index (χ4v) is 6.39. The van der Waals surface area contributed by atoms with E-state index in [4.69, 9.17) is 13.8 Å². The molecule has 2 aromatic heterocycles. The van der Waals surface area contributed by atoms with Gasteiger partial charge in [-0.15, -0.1) is 0 Å². The topological polar surface area (TPSA) is 42.4 Å². The molecule has 0 N–H and O–H groups in total. The number of anilines is 3. The van der Waals surface area contributed by atoms with Gasteiger partial charge in [0, 0.05) is 28.0 Å². The predicted octanol–water partition coefficient (Wildman–Crippen LogP) is 11.7. The Balaban J connectivity index is 1.24. The summed E-state index contributed by atoms with van der Waals surface area (Å²) in [6.07, 6.45) is 0. The molecule has 0 aliphatic rings. The number of aromatic nitrogens is 1. The van der Waals surface area contributed by atoms with Crippen molar-refractivity contribution in [3.63, 3.8) is 0 Å². The number of furan rings is 1. The van der Waals surface area contributed by atoms with E-state index < -0.39 is 0 Å². The second-order valence-corrected chi connectivity index (χ2v) is 11.2. The van der Waals surface area contributed by atoms with Crippen molar-refractivity contribution in [2.24, 2.45) is 0 Å². The maximum absolute atomic E-state index is 6.40. The Hall–Kier alpha value is -6.13. The summed E-state index contributed by atoms with van der Waals surface area (Å²) >= 11 is 0. The fraction of sp³-hybridized carbons (Fsp3) is 0. The smallest absolute Gasteiger partial charge is 0.227 e. The summed E-state index contributed by atoms with van der Waals surface area (Å²) in [5.41, 5.74) is 9.51. The summed E-state index contributed by atoms with van der Waals surface area (Å²) in [5, 5.41) is 4.41. The van der Waals surface area contributed by atoms with Gasteiger partial charge in [-0.25, -0.2) is 4.98 Å². The molecule has 0 aliphatic heterocycles. The molecule has 7 aromatic carbocycles. The van der Waals surface area contributed by atoms with Crippen LogP contribution in [0.25, 0.3) is 66.4 Å². The lowest BCUT2D eigenvalue weighted by Crippen LogP contribution is -2.09. The molecule has 9 rings (SSSR count). The molecule has 0 fully saturated rings. The molecule has 0 unspecified atom stereocenters. The molecule has 4 nitrogen and oxygen atoms in total. The van der Waals surface area contributed by atoms with Crippen LogP contribution < -0.4 is 4.90 Å². The molecular formula is C41H26N2O2. The summed E-state index contributed by atoms with van der Waals surface area (Å²) in [6.45, 7) is 0. The molecule has 0 aliphatic carbocycles. The first-order chi connectivity index (χ1) is 22.3. The molecule has 212 valence electrons. The fourth-order valence-electron chi connectivity index (χ4n) is 6.39. The van der Waals surface area contributed by atoms with Crippen molar-refractivity contribution in [1.29, 1.82) is 0 Å². The lowest BCUT2D eigenvalue weighted by atomic mass is 9.98. The lowest BCUT2D eigenvalue weighted by Gasteiger charge is -2.26. The molecule has 0 saturated carbocycles. The van der Waals surface area contributed by atoms with Crippen LogP contribution in [0.4, 0.5) is 17.1 Å². The molecule has 0 amide bonds. The maximum atomic E-state index is 6.40. The Morgan fingerprint density at radius 1 is 0.422 bits per heavy atom. The van der Waals surface area contributed by atoms with Crippen LogP contribution in [0.1, 0.15) is 0 Å². The average molecular weight is 579 g/mol.